The van der Waals surface area contributed by atoms with Crippen molar-refractivity contribution in [3.63, 3.8) is 0 Å². The molecule has 0 saturated carbocycles. The smallest absolute Gasteiger partial charge is 0.221 e. The Morgan fingerprint density at radius 2 is 2.36 bits per heavy atom. The number of halogens is 1. The molecule has 1 N–H and O–H groups in total. The molecule has 0 aliphatic heterocycles. The molecule has 0 radical (unpaired) electrons. The molecule has 0 saturated heterocycles. The molecule has 1 rings (SSSR count). The quantitative estimate of drug-likeness (QED) is 0.783. The first-order chi connectivity index (χ1) is 6.56. The van der Waals surface area contributed by atoms with E-state index in [1.807, 2.05) is 19.9 Å². The van der Waals surface area contributed by atoms with Crippen LogP contribution in [0, 0.1) is 0 Å². The summed E-state index contributed by atoms with van der Waals surface area (Å²) >= 11 is 5.47. The summed E-state index contributed by atoms with van der Waals surface area (Å²) in [6.45, 7) is 3.77. The monoisotopic (exact) mass is 215 g/mol. The van der Waals surface area contributed by atoms with E-state index in [1.54, 1.807) is 12.3 Å². The zero-order valence-electron chi connectivity index (χ0n) is 8.34. The van der Waals surface area contributed by atoms with Gasteiger partial charge in [0, 0.05) is 12.3 Å². The molecule has 0 bridgehead atoms. The first-order valence-corrected chi connectivity index (χ1v) is 5.00. The topological polar surface area (TPSA) is 42.2 Å². The second-order valence-corrected chi connectivity index (χ2v) is 3.97. The lowest BCUT2D eigenvalue weighted by Gasteiger charge is -2.23. The summed E-state index contributed by atoms with van der Waals surface area (Å²) in [5.41, 5.74) is -0.480. The van der Waals surface area contributed by atoms with Gasteiger partial charge in [-0.3, -0.25) is 4.79 Å². The second kappa shape index (κ2) is 4.51. The summed E-state index contributed by atoms with van der Waals surface area (Å²) in [4.78, 5) is 11.3. The van der Waals surface area contributed by atoms with E-state index in [2.05, 4.69) is 5.32 Å². The van der Waals surface area contributed by atoms with Gasteiger partial charge >= 0.3 is 0 Å². The molecular formula is C10H14ClNO2. The predicted octanol–water partition coefficient (Wildman–Crippen LogP) is 2.26. The van der Waals surface area contributed by atoms with Crippen LogP contribution in [0.1, 0.15) is 26.0 Å². The third-order valence-electron chi connectivity index (χ3n) is 1.91. The van der Waals surface area contributed by atoms with E-state index in [0.29, 0.717) is 12.3 Å². The number of rotatable bonds is 4. The molecule has 3 nitrogen and oxygen atoms in total. The van der Waals surface area contributed by atoms with Crippen molar-refractivity contribution in [1.82, 2.24) is 5.32 Å². The van der Waals surface area contributed by atoms with Crippen LogP contribution in [-0.2, 0) is 10.3 Å². The summed E-state index contributed by atoms with van der Waals surface area (Å²) in [6, 6.07) is 3.63. The zero-order valence-corrected chi connectivity index (χ0v) is 9.10. The van der Waals surface area contributed by atoms with Crippen molar-refractivity contribution < 1.29 is 9.21 Å². The fourth-order valence-electron chi connectivity index (χ4n) is 1.19. The average molecular weight is 216 g/mol. The van der Waals surface area contributed by atoms with Crippen LogP contribution < -0.4 is 5.32 Å². The first kappa shape index (κ1) is 11.1. The summed E-state index contributed by atoms with van der Waals surface area (Å²) in [5.74, 6) is 1.00. The summed E-state index contributed by atoms with van der Waals surface area (Å²) in [5, 5.41) is 2.84. The largest absolute Gasteiger partial charge is 0.467 e. The van der Waals surface area contributed by atoms with Crippen LogP contribution in [0.5, 0.6) is 0 Å². The summed E-state index contributed by atoms with van der Waals surface area (Å²) in [6.07, 6.45) is 1.91. The molecule has 78 valence electrons. The molecule has 0 fully saturated rings. The van der Waals surface area contributed by atoms with E-state index in [1.165, 1.54) is 0 Å². The molecule has 0 atom stereocenters. The van der Waals surface area contributed by atoms with Crippen molar-refractivity contribution in [3.05, 3.63) is 24.2 Å². The number of nitrogens with one attached hydrogen (secondary N) is 1. The normalized spacial score (nSPS) is 11.4. The van der Waals surface area contributed by atoms with E-state index in [4.69, 9.17) is 16.0 Å². The Kier molecular flexibility index (Phi) is 3.58. The number of alkyl halides is 1. The van der Waals surface area contributed by atoms with Gasteiger partial charge in [0.2, 0.25) is 5.91 Å². The minimum atomic E-state index is -0.480. The number of furan rings is 1. The van der Waals surface area contributed by atoms with E-state index < -0.39 is 5.54 Å². The van der Waals surface area contributed by atoms with Crippen molar-refractivity contribution in [2.24, 2.45) is 0 Å². The molecule has 0 spiro atoms. The number of carbonyl (C=O) groups is 1. The van der Waals surface area contributed by atoms with Crippen molar-refractivity contribution in [1.29, 1.82) is 0 Å². The number of hydrogen-bond acceptors (Lipinski definition) is 2. The van der Waals surface area contributed by atoms with Gasteiger partial charge in [-0.2, -0.15) is 0 Å². The van der Waals surface area contributed by atoms with Gasteiger partial charge in [0.1, 0.15) is 5.76 Å². The molecule has 1 heterocycles. The first-order valence-electron chi connectivity index (χ1n) is 4.47. The Hall–Kier alpha value is -0.960. The number of amides is 1. The highest BCUT2D eigenvalue weighted by Gasteiger charge is 2.24. The average Bonchev–Trinajstić information content (AvgIpc) is 2.54. The van der Waals surface area contributed by atoms with Gasteiger partial charge in [0.05, 0.1) is 11.8 Å². The Balaban J connectivity index is 2.63. The van der Waals surface area contributed by atoms with Crippen LogP contribution in [0.4, 0.5) is 0 Å². The molecule has 1 amide bonds. The maximum Gasteiger partial charge on any atom is 0.221 e. The third kappa shape index (κ3) is 2.77. The highest BCUT2D eigenvalue weighted by molar-refractivity contribution is 6.18. The van der Waals surface area contributed by atoms with Gasteiger partial charge in [-0.1, -0.05) is 0 Å². The SMILES string of the molecule is CC(C)(NC(=O)CCCl)c1ccco1. The minimum Gasteiger partial charge on any atom is -0.467 e. The van der Waals surface area contributed by atoms with Crippen LogP contribution in [0.25, 0.3) is 0 Å². The molecule has 0 unspecified atom stereocenters. The van der Waals surface area contributed by atoms with Gasteiger partial charge < -0.3 is 9.73 Å². The van der Waals surface area contributed by atoms with E-state index in [0.717, 1.165) is 5.76 Å². The Morgan fingerprint density at radius 3 is 2.86 bits per heavy atom. The maximum atomic E-state index is 11.3. The molecule has 0 aliphatic rings. The Morgan fingerprint density at radius 1 is 1.64 bits per heavy atom. The summed E-state index contributed by atoms with van der Waals surface area (Å²) < 4.78 is 5.23. The molecular weight excluding hydrogens is 202 g/mol. The van der Waals surface area contributed by atoms with Crippen LogP contribution in [-0.4, -0.2) is 11.8 Å². The molecule has 1 aromatic heterocycles. The highest BCUT2D eigenvalue weighted by Crippen LogP contribution is 2.20. The molecule has 0 aromatic carbocycles. The van der Waals surface area contributed by atoms with E-state index >= 15 is 0 Å². The van der Waals surface area contributed by atoms with Gasteiger partial charge in [0.25, 0.3) is 0 Å². The molecule has 14 heavy (non-hydrogen) atoms. The zero-order chi connectivity index (χ0) is 10.6. The lowest BCUT2D eigenvalue weighted by atomic mass is 10.0. The number of carbonyl (C=O) groups excluding carboxylic acids is 1. The van der Waals surface area contributed by atoms with Crippen molar-refractivity contribution in [3.8, 4) is 0 Å². The molecule has 0 aliphatic carbocycles. The summed E-state index contributed by atoms with van der Waals surface area (Å²) in [7, 11) is 0. The van der Waals surface area contributed by atoms with Crippen molar-refractivity contribution in [2.45, 2.75) is 25.8 Å². The molecule has 4 heteroatoms. The fourth-order valence-corrected chi connectivity index (χ4v) is 1.36. The lowest BCUT2D eigenvalue weighted by Crippen LogP contribution is -2.40. The highest BCUT2D eigenvalue weighted by atomic mass is 35.5. The van der Waals surface area contributed by atoms with Crippen LogP contribution in [0.3, 0.4) is 0 Å². The van der Waals surface area contributed by atoms with Gasteiger partial charge in [0.15, 0.2) is 0 Å². The van der Waals surface area contributed by atoms with Crippen LogP contribution in [0.2, 0.25) is 0 Å². The standard InChI is InChI=1S/C10H14ClNO2/c1-10(2,8-4-3-7-14-8)12-9(13)5-6-11/h3-4,7H,5-6H2,1-2H3,(H,12,13). The number of hydrogen-bond donors (Lipinski definition) is 1. The Bertz CT molecular complexity index is 293. The van der Waals surface area contributed by atoms with Crippen LogP contribution in [0.15, 0.2) is 22.8 Å². The fraction of sp³-hybridized carbons (Fsp3) is 0.500. The third-order valence-corrected chi connectivity index (χ3v) is 2.10. The van der Waals surface area contributed by atoms with Gasteiger partial charge in [-0.05, 0) is 26.0 Å². The van der Waals surface area contributed by atoms with Gasteiger partial charge in [-0.15, -0.1) is 11.6 Å². The predicted molar refractivity (Wildman–Crippen MR) is 55.2 cm³/mol. The lowest BCUT2D eigenvalue weighted by molar-refractivity contribution is -0.122. The van der Waals surface area contributed by atoms with E-state index in [9.17, 15) is 4.79 Å². The van der Waals surface area contributed by atoms with Crippen LogP contribution >= 0.6 is 11.6 Å². The second-order valence-electron chi connectivity index (χ2n) is 3.59. The van der Waals surface area contributed by atoms with Crippen molar-refractivity contribution >= 4 is 17.5 Å². The minimum absolute atomic E-state index is 0.0681. The van der Waals surface area contributed by atoms with Crippen molar-refractivity contribution in [2.75, 3.05) is 5.88 Å². The Labute approximate surface area is 88.4 Å². The van der Waals surface area contributed by atoms with Gasteiger partial charge in [-0.25, -0.2) is 0 Å². The maximum absolute atomic E-state index is 11.3. The van der Waals surface area contributed by atoms with E-state index in [-0.39, 0.29) is 5.91 Å². The molecule has 1 aromatic rings.